The van der Waals surface area contributed by atoms with Crippen LogP contribution >= 0.6 is 35.0 Å². The number of aromatic nitrogens is 2. The molecule has 4 N–H and O–H groups in total. The van der Waals surface area contributed by atoms with Crippen LogP contribution in [-0.4, -0.2) is 34.5 Å². The van der Waals surface area contributed by atoms with E-state index in [9.17, 15) is 0 Å². The number of H-pyrrole nitrogens is 1. The maximum atomic E-state index is 8.79. The summed E-state index contributed by atoms with van der Waals surface area (Å²) in [6, 6.07) is 10.3. The van der Waals surface area contributed by atoms with Gasteiger partial charge in [-0.25, -0.2) is 4.98 Å². The number of methoxy groups -OCH3 is 1. The number of nitrogens with zero attached hydrogens (tertiary/aromatic N) is 1. The van der Waals surface area contributed by atoms with Crippen LogP contribution in [0, 0.1) is 0 Å². The van der Waals surface area contributed by atoms with E-state index >= 15 is 0 Å². The van der Waals surface area contributed by atoms with Gasteiger partial charge in [0.05, 0.1) is 26.8 Å². The van der Waals surface area contributed by atoms with Crippen molar-refractivity contribution >= 4 is 51.7 Å². The van der Waals surface area contributed by atoms with Crippen LogP contribution in [0.5, 0.6) is 5.75 Å². The molecule has 8 heteroatoms. The molecule has 3 aromatic rings. The maximum Gasteiger partial charge on any atom is 0.166 e. The molecular formula is C17H19Cl2N3O2S. The van der Waals surface area contributed by atoms with Crippen molar-refractivity contribution in [3.63, 3.8) is 0 Å². The number of hydrogen-bond acceptors (Lipinski definition) is 5. The zero-order valence-electron chi connectivity index (χ0n) is 13.6. The summed E-state index contributed by atoms with van der Waals surface area (Å²) in [4.78, 5) is 7.64. The standard InChI is InChI=1S/C11H12Cl2N2OS.C6H7NO/c1-16-3-2-4-17-11-14-9-5-7(12)8(13)6-10(9)15-11;7-5-3-1-2-4-6(5)8/h5-6H,2-4H2,1H3,(H,14,15);1-4,8H,7H2. The molecule has 0 amide bonds. The van der Waals surface area contributed by atoms with Gasteiger partial charge in [0, 0.05) is 19.5 Å². The molecule has 0 aliphatic carbocycles. The first-order chi connectivity index (χ1) is 12.0. The summed E-state index contributed by atoms with van der Waals surface area (Å²) < 4.78 is 4.99. The second kappa shape index (κ2) is 9.77. The molecule has 0 spiro atoms. The van der Waals surface area contributed by atoms with E-state index in [4.69, 9.17) is 38.8 Å². The third-order valence-corrected chi connectivity index (χ3v) is 4.85. The monoisotopic (exact) mass is 399 g/mol. The van der Waals surface area contributed by atoms with Crippen molar-refractivity contribution in [3.8, 4) is 5.75 Å². The van der Waals surface area contributed by atoms with E-state index in [-0.39, 0.29) is 5.75 Å². The summed E-state index contributed by atoms with van der Waals surface area (Å²) >= 11 is 13.5. The number of rotatable bonds is 5. The molecule has 0 atom stereocenters. The lowest BCUT2D eigenvalue weighted by Crippen LogP contribution is -1.90. The van der Waals surface area contributed by atoms with Crippen molar-refractivity contribution in [2.24, 2.45) is 0 Å². The molecule has 2 aromatic carbocycles. The zero-order chi connectivity index (χ0) is 18.2. The third-order valence-electron chi connectivity index (χ3n) is 3.17. The fourth-order valence-corrected chi connectivity index (χ4v) is 3.03. The average Bonchev–Trinajstić information content (AvgIpc) is 2.97. The highest BCUT2D eigenvalue weighted by Crippen LogP contribution is 2.28. The fraction of sp³-hybridized carbons (Fsp3) is 0.235. The highest BCUT2D eigenvalue weighted by molar-refractivity contribution is 7.99. The molecule has 0 fully saturated rings. The number of ether oxygens (including phenoxy) is 1. The number of phenolic OH excluding ortho intramolecular Hbond substituents is 1. The Balaban J connectivity index is 0.000000236. The van der Waals surface area contributed by atoms with Crippen molar-refractivity contribution in [2.75, 3.05) is 25.2 Å². The smallest absolute Gasteiger partial charge is 0.166 e. The lowest BCUT2D eigenvalue weighted by molar-refractivity contribution is 0.200. The van der Waals surface area contributed by atoms with Gasteiger partial charge >= 0.3 is 0 Å². The lowest BCUT2D eigenvalue weighted by atomic mass is 10.3. The molecule has 5 nitrogen and oxygen atoms in total. The Morgan fingerprint density at radius 3 is 2.60 bits per heavy atom. The SMILES string of the molecule is COCCCSc1nc2cc(Cl)c(Cl)cc2[nH]1.Nc1ccccc1O. The van der Waals surface area contributed by atoms with Crippen molar-refractivity contribution in [3.05, 3.63) is 46.4 Å². The van der Waals surface area contributed by atoms with Crippen LogP contribution in [0.3, 0.4) is 0 Å². The summed E-state index contributed by atoms with van der Waals surface area (Å²) in [5, 5.41) is 10.7. The van der Waals surface area contributed by atoms with E-state index in [0.29, 0.717) is 15.7 Å². The Hall–Kier alpha value is -1.60. The zero-order valence-corrected chi connectivity index (χ0v) is 16.0. The van der Waals surface area contributed by atoms with Gasteiger partial charge in [0.2, 0.25) is 0 Å². The number of phenols is 1. The number of nitrogens with two attached hydrogens (primary N) is 1. The molecule has 25 heavy (non-hydrogen) atoms. The van der Waals surface area contributed by atoms with Crippen molar-refractivity contribution < 1.29 is 9.84 Å². The predicted molar refractivity (Wildman–Crippen MR) is 106 cm³/mol. The topological polar surface area (TPSA) is 84.2 Å². The molecule has 0 saturated carbocycles. The second-order valence-electron chi connectivity index (χ2n) is 5.08. The van der Waals surface area contributed by atoms with Crippen LogP contribution in [0.4, 0.5) is 5.69 Å². The molecule has 1 aromatic heterocycles. The summed E-state index contributed by atoms with van der Waals surface area (Å²) in [6.45, 7) is 0.769. The predicted octanol–water partition coefficient (Wildman–Crippen LogP) is 4.97. The molecule has 0 saturated heterocycles. The highest BCUT2D eigenvalue weighted by atomic mass is 35.5. The van der Waals surface area contributed by atoms with Crippen LogP contribution < -0.4 is 5.73 Å². The molecule has 0 bridgehead atoms. The quantitative estimate of drug-likeness (QED) is 0.244. The summed E-state index contributed by atoms with van der Waals surface area (Å²) in [6.07, 6.45) is 1.000. The van der Waals surface area contributed by atoms with E-state index in [1.165, 1.54) is 0 Å². The summed E-state index contributed by atoms with van der Waals surface area (Å²) in [5.41, 5.74) is 7.45. The number of nitrogen functional groups attached to an aromatic ring is 1. The Morgan fingerprint density at radius 1 is 1.24 bits per heavy atom. The number of hydrogen-bond donors (Lipinski definition) is 3. The van der Waals surface area contributed by atoms with Gasteiger partial charge in [-0.2, -0.15) is 0 Å². The molecule has 0 radical (unpaired) electrons. The Bertz CT molecular complexity index is 767. The number of fused-ring (bicyclic) bond motifs is 1. The minimum Gasteiger partial charge on any atom is -0.506 e. The Labute approximate surface area is 160 Å². The number of halogens is 2. The van der Waals surface area contributed by atoms with Gasteiger partial charge in [-0.15, -0.1) is 0 Å². The summed E-state index contributed by atoms with van der Waals surface area (Å²) in [5.74, 6) is 1.11. The van der Waals surface area contributed by atoms with Crippen LogP contribution in [0.2, 0.25) is 10.0 Å². The van der Waals surface area contributed by atoms with Gasteiger partial charge < -0.3 is 20.6 Å². The lowest BCUT2D eigenvalue weighted by Gasteiger charge is -1.96. The molecule has 1 heterocycles. The molecule has 134 valence electrons. The number of anilines is 1. The summed E-state index contributed by atoms with van der Waals surface area (Å²) in [7, 11) is 1.70. The second-order valence-corrected chi connectivity index (χ2v) is 6.98. The molecular weight excluding hydrogens is 381 g/mol. The van der Waals surface area contributed by atoms with Gasteiger partial charge in [-0.05, 0) is 30.7 Å². The molecule has 3 rings (SSSR count). The van der Waals surface area contributed by atoms with Gasteiger partial charge in [0.15, 0.2) is 5.16 Å². The number of para-hydroxylation sites is 2. The van der Waals surface area contributed by atoms with Crippen molar-refractivity contribution in [1.82, 2.24) is 9.97 Å². The maximum absolute atomic E-state index is 8.79. The minimum absolute atomic E-state index is 0.146. The Kier molecular flexibility index (Phi) is 7.71. The van der Waals surface area contributed by atoms with Gasteiger partial charge in [-0.3, -0.25) is 0 Å². The number of imidazole rings is 1. The van der Waals surface area contributed by atoms with Crippen molar-refractivity contribution in [2.45, 2.75) is 11.6 Å². The molecule has 0 aliphatic rings. The van der Waals surface area contributed by atoms with E-state index in [1.807, 2.05) is 0 Å². The normalized spacial score (nSPS) is 10.5. The number of aromatic amines is 1. The molecule has 0 unspecified atom stereocenters. The van der Waals surface area contributed by atoms with E-state index in [0.717, 1.165) is 35.0 Å². The number of aromatic hydroxyl groups is 1. The third kappa shape index (κ3) is 6.01. The van der Waals surface area contributed by atoms with E-state index in [1.54, 1.807) is 55.3 Å². The van der Waals surface area contributed by atoms with Crippen LogP contribution in [0.25, 0.3) is 11.0 Å². The van der Waals surface area contributed by atoms with E-state index < -0.39 is 0 Å². The largest absolute Gasteiger partial charge is 0.506 e. The van der Waals surface area contributed by atoms with Crippen LogP contribution in [-0.2, 0) is 4.74 Å². The number of nitrogens with one attached hydrogen (secondary N) is 1. The molecule has 0 aliphatic heterocycles. The minimum atomic E-state index is 0.146. The first kappa shape index (κ1) is 19.7. The number of thioether (sulfide) groups is 1. The first-order valence-electron chi connectivity index (χ1n) is 7.51. The highest BCUT2D eigenvalue weighted by Gasteiger charge is 2.06. The number of benzene rings is 2. The first-order valence-corrected chi connectivity index (χ1v) is 9.25. The van der Waals surface area contributed by atoms with Gasteiger partial charge in [-0.1, -0.05) is 47.1 Å². The Morgan fingerprint density at radius 2 is 1.96 bits per heavy atom. The van der Waals surface area contributed by atoms with Crippen molar-refractivity contribution in [1.29, 1.82) is 0 Å². The van der Waals surface area contributed by atoms with Crippen LogP contribution in [0.1, 0.15) is 6.42 Å². The van der Waals surface area contributed by atoms with Crippen LogP contribution in [0.15, 0.2) is 41.6 Å². The fourth-order valence-electron chi connectivity index (χ4n) is 1.91. The average molecular weight is 400 g/mol. The van der Waals surface area contributed by atoms with E-state index in [2.05, 4.69) is 9.97 Å². The van der Waals surface area contributed by atoms with Gasteiger partial charge in [0.25, 0.3) is 0 Å². The van der Waals surface area contributed by atoms with Gasteiger partial charge in [0.1, 0.15) is 5.75 Å².